The number of hydrazone groups is 1. The van der Waals surface area contributed by atoms with Crippen LogP contribution in [0.15, 0.2) is 5.10 Å². The molecular formula is C11H18N2O. The molecule has 2 fully saturated rings. The van der Waals surface area contributed by atoms with Gasteiger partial charge >= 0.3 is 0 Å². The lowest BCUT2D eigenvalue weighted by Gasteiger charge is -2.18. The minimum Gasteiger partial charge on any atom is -0.273 e. The predicted octanol–water partition coefficient (Wildman–Crippen LogP) is 2.08. The van der Waals surface area contributed by atoms with Crippen molar-refractivity contribution in [3.05, 3.63) is 0 Å². The van der Waals surface area contributed by atoms with Crippen LogP contribution >= 0.6 is 0 Å². The highest BCUT2D eigenvalue weighted by atomic mass is 16.2. The quantitative estimate of drug-likeness (QED) is 0.672. The molecule has 0 heterocycles. The fraction of sp³-hybridized carbons (Fsp3) is 0.818. The number of hydrogen-bond donors (Lipinski definition) is 1. The van der Waals surface area contributed by atoms with E-state index in [2.05, 4.69) is 17.5 Å². The Hall–Kier alpha value is -0.860. The average Bonchev–Trinajstić information content (AvgIpc) is 3.00. The van der Waals surface area contributed by atoms with Gasteiger partial charge in [0.25, 0.3) is 0 Å². The molecule has 0 spiro atoms. The molecule has 2 saturated carbocycles. The van der Waals surface area contributed by atoms with E-state index >= 15 is 0 Å². The first-order chi connectivity index (χ1) is 6.75. The molecule has 2 rings (SSSR count). The molecule has 78 valence electrons. The second kappa shape index (κ2) is 4.11. The minimum absolute atomic E-state index is 0.121. The zero-order valence-electron chi connectivity index (χ0n) is 8.75. The van der Waals surface area contributed by atoms with Crippen LogP contribution in [0.25, 0.3) is 0 Å². The van der Waals surface area contributed by atoms with E-state index in [9.17, 15) is 4.79 Å². The Balaban J connectivity index is 1.76. The summed E-state index contributed by atoms with van der Waals surface area (Å²) in [6.07, 6.45) is 6.66. The third-order valence-corrected chi connectivity index (χ3v) is 3.12. The van der Waals surface area contributed by atoms with E-state index in [0.29, 0.717) is 0 Å². The summed E-state index contributed by atoms with van der Waals surface area (Å²) in [7, 11) is 0. The largest absolute Gasteiger partial charge is 0.273 e. The molecular weight excluding hydrogens is 176 g/mol. The van der Waals surface area contributed by atoms with Crippen LogP contribution in [0.1, 0.15) is 45.4 Å². The van der Waals surface area contributed by atoms with Crippen LogP contribution in [-0.2, 0) is 4.79 Å². The van der Waals surface area contributed by atoms with E-state index in [1.54, 1.807) is 0 Å². The fourth-order valence-corrected chi connectivity index (χ4v) is 1.78. The molecule has 0 unspecified atom stereocenters. The minimum atomic E-state index is 0.121. The normalized spacial score (nSPS) is 27.2. The van der Waals surface area contributed by atoms with Crippen LogP contribution < -0.4 is 5.43 Å². The Kier molecular flexibility index (Phi) is 2.85. The van der Waals surface area contributed by atoms with Gasteiger partial charge in [0.05, 0.1) is 0 Å². The number of amides is 1. The van der Waals surface area contributed by atoms with Crippen molar-refractivity contribution in [3.8, 4) is 0 Å². The number of nitrogens with one attached hydrogen (secondary N) is 1. The molecule has 0 radical (unpaired) electrons. The Labute approximate surface area is 85.0 Å². The van der Waals surface area contributed by atoms with Gasteiger partial charge in [-0.2, -0.15) is 5.10 Å². The maximum absolute atomic E-state index is 11.3. The molecule has 1 N–H and O–H groups in total. The van der Waals surface area contributed by atoms with Crippen LogP contribution in [-0.4, -0.2) is 11.6 Å². The van der Waals surface area contributed by atoms with E-state index < -0.39 is 0 Å². The number of rotatable bonds is 2. The Bertz CT molecular complexity index is 246. The first-order valence-electron chi connectivity index (χ1n) is 5.61. The van der Waals surface area contributed by atoms with Crippen LogP contribution in [0.3, 0.4) is 0 Å². The molecule has 0 aromatic rings. The van der Waals surface area contributed by atoms with Gasteiger partial charge in [-0.1, -0.05) is 6.92 Å². The molecule has 3 nitrogen and oxygen atoms in total. The summed E-state index contributed by atoms with van der Waals surface area (Å²) in [5.41, 5.74) is 3.86. The van der Waals surface area contributed by atoms with E-state index in [-0.39, 0.29) is 11.8 Å². The van der Waals surface area contributed by atoms with Gasteiger partial charge in [0.2, 0.25) is 5.91 Å². The number of carbonyl (C=O) groups excluding carboxylic acids is 1. The lowest BCUT2D eigenvalue weighted by Crippen LogP contribution is -2.22. The molecule has 2 aliphatic carbocycles. The second-order valence-corrected chi connectivity index (χ2v) is 4.61. The molecule has 0 aromatic heterocycles. The van der Waals surface area contributed by atoms with E-state index in [0.717, 1.165) is 31.6 Å². The van der Waals surface area contributed by atoms with Crippen molar-refractivity contribution < 1.29 is 4.79 Å². The Morgan fingerprint density at radius 3 is 2.50 bits per heavy atom. The molecule has 2 aliphatic rings. The molecule has 0 saturated heterocycles. The summed E-state index contributed by atoms with van der Waals surface area (Å²) < 4.78 is 0. The van der Waals surface area contributed by atoms with Gasteiger partial charge in [-0.3, -0.25) is 4.79 Å². The summed E-state index contributed by atoms with van der Waals surface area (Å²) in [4.78, 5) is 11.3. The number of carbonyl (C=O) groups is 1. The summed E-state index contributed by atoms with van der Waals surface area (Å²) in [6, 6.07) is 0. The van der Waals surface area contributed by atoms with Crippen molar-refractivity contribution in [2.45, 2.75) is 45.4 Å². The fourth-order valence-electron chi connectivity index (χ4n) is 1.78. The molecule has 1 amide bonds. The lowest BCUT2D eigenvalue weighted by atomic mass is 9.90. The Morgan fingerprint density at radius 1 is 1.29 bits per heavy atom. The third kappa shape index (κ3) is 2.56. The molecule has 0 aliphatic heterocycles. The Morgan fingerprint density at radius 2 is 1.93 bits per heavy atom. The van der Waals surface area contributed by atoms with Gasteiger partial charge in [0.1, 0.15) is 0 Å². The van der Waals surface area contributed by atoms with E-state index in [4.69, 9.17) is 0 Å². The number of hydrogen-bond acceptors (Lipinski definition) is 2. The lowest BCUT2D eigenvalue weighted by molar-refractivity contribution is -0.122. The van der Waals surface area contributed by atoms with Gasteiger partial charge in [-0.15, -0.1) is 0 Å². The predicted molar refractivity (Wildman–Crippen MR) is 55.9 cm³/mol. The molecule has 0 bridgehead atoms. The first-order valence-corrected chi connectivity index (χ1v) is 5.61. The van der Waals surface area contributed by atoms with Gasteiger partial charge in [-0.05, 0) is 44.4 Å². The zero-order valence-corrected chi connectivity index (χ0v) is 8.75. The standard InChI is InChI=1S/C11H18N2O/c1-8-2-6-10(7-3-8)12-13-11(14)9-4-5-9/h8-9H,2-7H2,1H3,(H,13,14). The maximum atomic E-state index is 11.3. The zero-order chi connectivity index (χ0) is 9.97. The van der Waals surface area contributed by atoms with Crippen molar-refractivity contribution in [2.75, 3.05) is 0 Å². The average molecular weight is 194 g/mol. The second-order valence-electron chi connectivity index (χ2n) is 4.61. The van der Waals surface area contributed by atoms with Crippen molar-refractivity contribution >= 4 is 11.6 Å². The summed E-state index contributed by atoms with van der Waals surface area (Å²) in [6.45, 7) is 2.28. The smallest absolute Gasteiger partial charge is 0.243 e. The topological polar surface area (TPSA) is 41.5 Å². The molecule has 0 aromatic carbocycles. The van der Waals surface area contributed by atoms with Crippen LogP contribution in [0.4, 0.5) is 0 Å². The summed E-state index contributed by atoms with van der Waals surface area (Å²) >= 11 is 0. The summed E-state index contributed by atoms with van der Waals surface area (Å²) in [5, 5.41) is 4.20. The van der Waals surface area contributed by atoms with Gasteiger partial charge < -0.3 is 0 Å². The highest BCUT2D eigenvalue weighted by molar-refractivity contribution is 5.87. The van der Waals surface area contributed by atoms with Crippen LogP contribution in [0.2, 0.25) is 0 Å². The van der Waals surface area contributed by atoms with Gasteiger partial charge in [0, 0.05) is 11.6 Å². The van der Waals surface area contributed by atoms with Crippen molar-refractivity contribution in [1.82, 2.24) is 5.43 Å². The molecule has 3 heteroatoms. The first kappa shape index (κ1) is 9.69. The van der Waals surface area contributed by atoms with Crippen molar-refractivity contribution in [3.63, 3.8) is 0 Å². The van der Waals surface area contributed by atoms with Crippen LogP contribution in [0, 0.1) is 11.8 Å². The van der Waals surface area contributed by atoms with Crippen LogP contribution in [0.5, 0.6) is 0 Å². The van der Waals surface area contributed by atoms with Crippen molar-refractivity contribution in [2.24, 2.45) is 16.9 Å². The highest BCUT2D eigenvalue weighted by Crippen LogP contribution is 2.28. The third-order valence-electron chi connectivity index (χ3n) is 3.12. The monoisotopic (exact) mass is 194 g/mol. The molecule has 14 heavy (non-hydrogen) atoms. The van der Waals surface area contributed by atoms with E-state index in [1.807, 2.05) is 0 Å². The SMILES string of the molecule is CC1CCC(=NNC(=O)C2CC2)CC1. The number of nitrogens with zero attached hydrogens (tertiary/aromatic N) is 1. The van der Waals surface area contributed by atoms with Crippen molar-refractivity contribution in [1.29, 1.82) is 0 Å². The maximum Gasteiger partial charge on any atom is 0.243 e. The summed E-state index contributed by atoms with van der Waals surface area (Å²) in [5.74, 6) is 1.21. The van der Waals surface area contributed by atoms with Gasteiger partial charge in [-0.25, -0.2) is 5.43 Å². The van der Waals surface area contributed by atoms with E-state index in [1.165, 1.54) is 18.6 Å². The molecule has 0 atom stereocenters. The van der Waals surface area contributed by atoms with Gasteiger partial charge in [0.15, 0.2) is 0 Å². The highest BCUT2D eigenvalue weighted by Gasteiger charge is 2.29.